The lowest BCUT2D eigenvalue weighted by Gasteiger charge is -2.25. The SMILES string of the molecule is COc1cccc(Oc2nc(CN3CCOCC3)nc3sc4c(c23)CCC4)c1. The molecule has 2 aliphatic rings. The highest BCUT2D eigenvalue weighted by Gasteiger charge is 2.24. The topological polar surface area (TPSA) is 56.7 Å². The number of rotatable bonds is 5. The van der Waals surface area contributed by atoms with Crippen molar-refractivity contribution in [2.24, 2.45) is 0 Å². The van der Waals surface area contributed by atoms with Gasteiger partial charge in [0.1, 0.15) is 22.2 Å². The number of hydrogen-bond acceptors (Lipinski definition) is 7. The third-order valence-electron chi connectivity index (χ3n) is 5.30. The zero-order valence-electron chi connectivity index (χ0n) is 15.9. The summed E-state index contributed by atoms with van der Waals surface area (Å²) in [7, 11) is 1.66. The minimum absolute atomic E-state index is 0.668. The molecule has 7 heteroatoms. The van der Waals surface area contributed by atoms with Crippen molar-refractivity contribution in [1.82, 2.24) is 14.9 Å². The quantitative estimate of drug-likeness (QED) is 0.653. The smallest absolute Gasteiger partial charge is 0.231 e. The van der Waals surface area contributed by atoms with E-state index in [0.29, 0.717) is 5.88 Å². The molecule has 0 saturated carbocycles. The fourth-order valence-electron chi connectivity index (χ4n) is 3.88. The van der Waals surface area contributed by atoms with Crippen LogP contribution in [0.2, 0.25) is 0 Å². The van der Waals surface area contributed by atoms with Gasteiger partial charge in [0.25, 0.3) is 0 Å². The van der Waals surface area contributed by atoms with Gasteiger partial charge in [0.2, 0.25) is 5.88 Å². The monoisotopic (exact) mass is 397 g/mol. The van der Waals surface area contributed by atoms with Gasteiger partial charge in [-0.25, -0.2) is 4.98 Å². The predicted molar refractivity (Wildman–Crippen MR) is 109 cm³/mol. The molecule has 146 valence electrons. The number of thiophene rings is 1. The lowest BCUT2D eigenvalue weighted by Crippen LogP contribution is -2.36. The number of fused-ring (bicyclic) bond motifs is 3. The van der Waals surface area contributed by atoms with Gasteiger partial charge in [0.05, 0.1) is 32.3 Å². The summed E-state index contributed by atoms with van der Waals surface area (Å²) in [5, 5.41) is 1.09. The third kappa shape index (κ3) is 3.45. The largest absolute Gasteiger partial charge is 0.497 e. The number of hydrogen-bond donors (Lipinski definition) is 0. The molecule has 1 fully saturated rings. The highest BCUT2D eigenvalue weighted by atomic mass is 32.1. The minimum Gasteiger partial charge on any atom is -0.497 e. The molecule has 0 N–H and O–H groups in total. The van der Waals surface area contributed by atoms with Crippen LogP contribution in [0.1, 0.15) is 22.7 Å². The maximum Gasteiger partial charge on any atom is 0.231 e. The van der Waals surface area contributed by atoms with Gasteiger partial charge in [-0.05, 0) is 37.0 Å². The summed E-state index contributed by atoms with van der Waals surface area (Å²) in [6, 6.07) is 7.67. The van der Waals surface area contributed by atoms with E-state index in [1.54, 1.807) is 18.4 Å². The minimum atomic E-state index is 0.668. The number of aryl methyl sites for hydroxylation is 2. The maximum atomic E-state index is 6.28. The Morgan fingerprint density at radius 3 is 2.86 bits per heavy atom. The normalized spacial score (nSPS) is 17.0. The highest BCUT2D eigenvalue weighted by Crippen LogP contribution is 2.41. The summed E-state index contributed by atoms with van der Waals surface area (Å²) in [5.41, 5.74) is 1.37. The Hall–Kier alpha value is -2.22. The average molecular weight is 398 g/mol. The summed E-state index contributed by atoms with van der Waals surface area (Å²) in [4.78, 5) is 14.5. The summed E-state index contributed by atoms with van der Waals surface area (Å²) in [6.07, 6.45) is 3.41. The molecule has 3 heterocycles. The maximum absolute atomic E-state index is 6.28. The number of nitrogens with zero attached hydrogens (tertiary/aromatic N) is 3. The Morgan fingerprint density at radius 1 is 1.14 bits per heavy atom. The molecular formula is C21H23N3O3S. The molecule has 0 atom stereocenters. The van der Waals surface area contributed by atoms with Crippen LogP contribution in [-0.2, 0) is 24.1 Å². The zero-order valence-corrected chi connectivity index (χ0v) is 16.8. The highest BCUT2D eigenvalue weighted by molar-refractivity contribution is 7.19. The van der Waals surface area contributed by atoms with Crippen LogP contribution in [0.25, 0.3) is 10.2 Å². The number of morpholine rings is 1. The Morgan fingerprint density at radius 2 is 2.00 bits per heavy atom. The summed E-state index contributed by atoms with van der Waals surface area (Å²) in [6.45, 7) is 4.07. The van der Waals surface area contributed by atoms with Gasteiger partial charge in [0, 0.05) is 24.0 Å². The van der Waals surface area contributed by atoms with Gasteiger partial charge < -0.3 is 14.2 Å². The van der Waals surface area contributed by atoms with Crippen LogP contribution in [0.3, 0.4) is 0 Å². The van der Waals surface area contributed by atoms with Gasteiger partial charge >= 0.3 is 0 Å². The molecule has 1 aromatic carbocycles. The predicted octanol–water partition coefficient (Wildman–Crippen LogP) is 3.81. The third-order valence-corrected chi connectivity index (χ3v) is 6.49. The first-order chi connectivity index (χ1) is 13.8. The van der Waals surface area contributed by atoms with E-state index in [1.807, 2.05) is 24.3 Å². The Labute approximate surface area is 168 Å². The molecule has 2 aromatic heterocycles. The number of ether oxygens (including phenoxy) is 3. The molecule has 3 aromatic rings. The van der Waals surface area contributed by atoms with Crippen LogP contribution in [0.4, 0.5) is 0 Å². The summed E-state index contributed by atoms with van der Waals surface area (Å²) in [5.74, 6) is 2.98. The van der Waals surface area contributed by atoms with Gasteiger partial charge in [-0.2, -0.15) is 4.98 Å². The number of benzene rings is 1. The van der Waals surface area contributed by atoms with E-state index in [4.69, 9.17) is 24.2 Å². The Bertz CT molecular complexity index is 998. The summed E-state index contributed by atoms with van der Waals surface area (Å²) < 4.78 is 17.1. The van der Waals surface area contributed by atoms with Crippen LogP contribution in [0.5, 0.6) is 17.4 Å². The molecule has 0 bridgehead atoms. The van der Waals surface area contributed by atoms with Crippen LogP contribution >= 0.6 is 11.3 Å². The van der Waals surface area contributed by atoms with Crippen molar-refractivity contribution in [2.75, 3.05) is 33.4 Å². The van der Waals surface area contributed by atoms with Crippen molar-refractivity contribution in [3.8, 4) is 17.4 Å². The molecule has 1 aliphatic heterocycles. The fourth-order valence-corrected chi connectivity index (χ4v) is 5.16. The van der Waals surface area contributed by atoms with Crippen LogP contribution in [0, 0.1) is 0 Å². The van der Waals surface area contributed by atoms with E-state index in [0.717, 1.165) is 73.2 Å². The lowest BCUT2D eigenvalue weighted by atomic mass is 10.2. The van der Waals surface area contributed by atoms with Gasteiger partial charge in [0.15, 0.2) is 0 Å². The van der Waals surface area contributed by atoms with E-state index in [2.05, 4.69) is 4.90 Å². The first kappa shape index (κ1) is 17.8. The van der Waals surface area contributed by atoms with E-state index >= 15 is 0 Å². The molecule has 0 radical (unpaired) electrons. The van der Waals surface area contributed by atoms with Crippen molar-refractivity contribution in [3.05, 3.63) is 40.5 Å². The molecule has 0 spiro atoms. The van der Waals surface area contributed by atoms with E-state index in [9.17, 15) is 0 Å². The number of methoxy groups -OCH3 is 1. The second kappa shape index (κ2) is 7.66. The molecule has 5 rings (SSSR count). The standard InChI is InChI=1S/C21H23N3O3S/c1-25-14-4-2-5-15(12-14)27-20-19-16-6-3-7-17(16)28-21(19)23-18(22-20)13-24-8-10-26-11-9-24/h2,4-5,12H,3,6-11,13H2,1H3. The van der Waals surface area contributed by atoms with Gasteiger partial charge in [-0.15, -0.1) is 11.3 Å². The molecule has 28 heavy (non-hydrogen) atoms. The van der Waals surface area contributed by atoms with E-state index in [-0.39, 0.29) is 0 Å². The van der Waals surface area contributed by atoms with Gasteiger partial charge in [-0.1, -0.05) is 6.07 Å². The van der Waals surface area contributed by atoms with E-state index in [1.165, 1.54) is 16.9 Å². The van der Waals surface area contributed by atoms with Gasteiger partial charge in [-0.3, -0.25) is 4.90 Å². The lowest BCUT2D eigenvalue weighted by molar-refractivity contribution is 0.0330. The van der Waals surface area contributed by atoms with Crippen molar-refractivity contribution >= 4 is 21.6 Å². The first-order valence-corrected chi connectivity index (χ1v) is 10.5. The summed E-state index contributed by atoms with van der Waals surface area (Å²) >= 11 is 1.80. The molecule has 0 unspecified atom stereocenters. The fraction of sp³-hybridized carbons (Fsp3) is 0.429. The van der Waals surface area contributed by atoms with Crippen LogP contribution < -0.4 is 9.47 Å². The second-order valence-electron chi connectivity index (χ2n) is 7.15. The Balaban J connectivity index is 1.54. The zero-order chi connectivity index (χ0) is 18.9. The molecule has 1 aliphatic carbocycles. The molecule has 0 amide bonds. The van der Waals surface area contributed by atoms with Crippen molar-refractivity contribution in [1.29, 1.82) is 0 Å². The van der Waals surface area contributed by atoms with Crippen molar-refractivity contribution in [3.63, 3.8) is 0 Å². The van der Waals surface area contributed by atoms with Crippen LogP contribution in [-0.4, -0.2) is 48.3 Å². The molecule has 1 saturated heterocycles. The average Bonchev–Trinajstić information content (AvgIpc) is 3.30. The van der Waals surface area contributed by atoms with Crippen molar-refractivity contribution < 1.29 is 14.2 Å². The second-order valence-corrected chi connectivity index (χ2v) is 8.24. The number of aromatic nitrogens is 2. The first-order valence-electron chi connectivity index (χ1n) is 9.73. The molecule has 6 nitrogen and oxygen atoms in total. The van der Waals surface area contributed by atoms with Crippen LogP contribution in [0.15, 0.2) is 24.3 Å². The van der Waals surface area contributed by atoms with E-state index < -0.39 is 0 Å². The van der Waals surface area contributed by atoms with Crippen molar-refractivity contribution in [2.45, 2.75) is 25.8 Å². The molecular weight excluding hydrogens is 374 g/mol. The Kier molecular flexibility index (Phi) is 4.88.